The summed E-state index contributed by atoms with van der Waals surface area (Å²) in [5.74, 6) is -0.705. The van der Waals surface area contributed by atoms with Gasteiger partial charge >= 0.3 is 11.9 Å². The highest BCUT2D eigenvalue weighted by Gasteiger charge is 2.10. The van der Waals surface area contributed by atoms with E-state index >= 15 is 0 Å². The molecule has 0 aromatic carbocycles. The lowest BCUT2D eigenvalue weighted by atomic mass is 10.2. The van der Waals surface area contributed by atoms with E-state index in [4.69, 9.17) is 28.4 Å². The average Bonchev–Trinajstić information content (AvgIpc) is 2.58. The first-order valence-corrected chi connectivity index (χ1v) is 10.2. The Morgan fingerprint density at radius 3 is 1.24 bits per heavy atom. The molecule has 0 aliphatic heterocycles. The molecular formula is C21H40O8. The van der Waals surface area contributed by atoms with Gasteiger partial charge in [0.15, 0.2) is 0 Å². The Hall–Kier alpha value is -1.22. The SMILES string of the molecule is CC(C)(C)OCCOCCOC(=O)CCCC(=O)OCCOCCOC(C)(C)C. The van der Waals surface area contributed by atoms with Crippen LogP contribution in [0.2, 0.25) is 0 Å². The first kappa shape index (κ1) is 27.8. The van der Waals surface area contributed by atoms with Crippen molar-refractivity contribution in [3.63, 3.8) is 0 Å². The smallest absolute Gasteiger partial charge is 0.305 e. The van der Waals surface area contributed by atoms with Crippen molar-refractivity contribution in [3.05, 3.63) is 0 Å². The number of carbonyl (C=O) groups excluding carboxylic acids is 2. The van der Waals surface area contributed by atoms with E-state index in [1.54, 1.807) is 0 Å². The zero-order chi connectivity index (χ0) is 22.2. The molecule has 0 rings (SSSR count). The van der Waals surface area contributed by atoms with Crippen LogP contribution in [0, 0.1) is 0 Å². The van der Waals surface area contributed by atoms with Crippen LogP contribution in [-0.4, -0.2) is 76.0 Å². The molecule has 0 aliphatic rings. The van der Waals surface area contributed by atoms with Gasteiger partial charge in [0.25, 0.3) is 0 Å². The Balaban J connectivity index is 3.43. The van der Waals surface area contributed by atoms with Crippen molar-refractivity contribution in [2.45, 2.75) is 72.0 Å². The Morgan fingerprint density at radius 2 is 0.897 bits per heavy atom. The van der Waals surface area contributed by atoms with Gasteiger partial charge in [-0.25, -0.2) is 0 Å². The van der Waals surface area contributed by atoms with Crippen molar-refractivity contribution in [3.8, 4) is 0 Å². The van der Waals surface area contributed by atoms with Crippen molar-refractivity contribution >= 4 is 11.9 Å². The third kappa shape index (κ3) is 22.9. The van der Waals surface area contributed by atoms with Crippen molar-refractivity contribution in [1.29, 1.82) is 0 Å². The molecule has 0 radical (unpaired) electrons. The van der Waals surface area contributed by atoms with E-state index in [1.165, 1.54) is 0 Å². The van der Waals surface area contributed by atoms with Gasteiger partial charge in [-0.15, -0.1) is 0 Å². The number of hydrogen-bond donors (Lipinski definition) is 0. The van der Waals surface area contributed by atoms with Gasteiger partial charge < -0.3 is 28.4 Å². The number of hydrogen-bond acceptors (Lipinski definition) is 8. The van der Waals surface area contributed by atoms with Crippen LogP contribution in [0.15, 0.2) is 0 Å². The first-order valence-electron chi connectivity index (χ1n) is 10.2. The van der Waals surface area contributed by atoms with Crippen LogP contribution in [0.4, 0.5) is 0 Å². The quantitative estimate of drug-likeness (QED) is 0.278. The summed E-state index contributed by atoms with van der Waals surface area (Å²) in [6, 6.07) is 0. The molecule has 0 aliphatic carbocycles. The Labute approximate surface area is 175 Å². The standard InChI is InChI=1S/C21H40O8/c1-20(2,3)28-16-12-24-10-14-26-18(22)8-7-9-19(23)27-15-11-25-13-17-29-21(4,5)6/h7-17H2,1-6H3. The summed E-state index contributed by atoms with van der Waals surface area (Å²) in [6.45, 7) is 14.8. The molecule has 0 saturated carbocycles. The predicted molar refractivity (Wildman–Crippen MR) is 109 cm³/mol. The van der Waals surface area contributed by atoms with Crippen LogP contribution in [0.5, 0.6) is 0 Å². The molecule has 0 saturated heterocycles. The molecule has 0 heterocycles. The molecule has 0 fully saturated rings. The summed E-state index contributed by atoms with van der Waals surface area (Å²) in [5, 5.41) is 0. The summed E-state index contributed by atoms with van der Waals surface area (Å²) in [5.41, 5.74) is -0.379. The maximum atomic E-state index is 11.6. The molecule has 8 nitrogen and oxygen atoms in total. The average molecular weight is 421 g/mol. The summed E-state index contributed by atoms with van der Waals surface area (Å²) in [4.78, 5) is 23.2. The number of esters is 2. The fourth-order valence-corrected chi connectivity index (χ4v) is 1.97. The molecule has 29 heavy (non-hydrogen) atoms. The second kappa shape index (κ2) is 15.6. The van der Waals surface area contributed by atoms with Crippen LogP contribution >= 0.6 is 0 Å². The molecule has 0 N–H and O–H groups in total. The maximum absolute atomic E-state index is 11.6. The molecule has 8 heteroatoms. The topological polar surface area (TPSA) is 89.5 Å². The Bertz CT molecular complexity index is 397. The normalized spacial score (nSPS) is 12.1. The molecule has 0 spiro atoms. The molecule has 0 bridgehead atoms. The van der Waals surface area contributed by atoms with E-state index in [0.29, 0.717) is 46.1 Å². The number of rotatable bonds is 16. The molecule has 0 unspecified atom stereocenters. The highest BCUT2D eigenvalue weighted by molar-refractivity contribution is 5.72. The lowest BCUT2D eigenvalue weighted by molar-refractivity contribution is -0.147. The zero-order valence-electron chi connectivity index (χ0n) is 19.0. The van der Waals surface area contributed by atoms with Crippen LogP contribution in [0.1, 0.15) is 60.8 Å². The van der Waals surface area contributed by atoms with Crippen LogP contribution in [0.3, 0.4) is 0 Å². The van der Waals surface area contributed by atoms with Crippen LogP contribution < -0.4 is 0 Å². The van der Waals surface area contributed by atoms with Gasteiger partial charge in [-0.3, -0.25) is 9.59 Å². The second-order valence-corrected chi connectivity index (χ2v) is 8.44. The van der Waals surface area contributed by atoms with Crippen molar-refractivity contribution in [2.24, 2.45) is 0 Å². The van der Waals surface area contributed by atoms with Gasteiger partial charge in [0.05, 0.1) is 50.8 Å². The van der Waals surface area contributed by atoms with E-state index in [-0.39, 0.29) is 49.2 Å². The minimum absolute atomic E-state index is 0.170. The summed E-state index contributed by atoms with van der Waals surface area (Å²) < 4.78 is 31.7. The van der Waals surface area contributed by atoms with Gasteiger partial charge in [-0.1, -0.05) is 0 Å². The van der Waals surface area contributed by atoms with Gasteiger partial charge in [-0.2, -0.15) is 0 Å². The van der Waals surface area contributed by atoms with Crippen LogP contribution in [0.25, 0.3) is 0 Å². The molecule has 0 aromatic heterocycles. The minimum Gasteiger partial charge on any atom is -0.463 e. The van der Waals surface area contributed by atoms with E-state index in [0.717, 1.165) is 0 Å². The van der Waals surface area contributed by atoms with Crippen LogP contribution in [-0.2, 0) is 38.0 Å². The number of ether oxygens (including phenoxy) is 6. The highest BCUT2D eigenvalue weighted by Crippen LogP contribution is 2.06. The summed E-state index contributed by atoms with van der Waals surface area (Å²) in [6.07, 6.45) is 0.726. The predicted octanol–water partition coefficient (Wildman–Crippen LogP) is 2.91. The largest absolute Gasteiger partial charge is 0.463 e. The third-order valence-electron chi connectivity index (χ3n) is 3.27. The maximum Gasteiger partial charge on any atom is 0.305 e. The fourth-order valence-electron chi connectivity index (χ4n) is 1.97. The van der Waals surface area contributed by atoms with Gasteiger partial charge in [0, 0.05) is 12.8 Å². The van der Waals surface area contributed by atoms with Gasteiger partial charge in [0.1, 0.15) is 13.2 Å². The summed E-state index contributed by atoms with van der Waals surface area (Å²) >= 11 is 0. The highest BCUT2D eigenvalue weighted by atomic mass is 16.6. The van der Waals surface area contributed by atoms with Gasteiger partial charge in [-0.05, 0) is 48.0 Å². The molecular weight excluding hydrogens is 380 g/mol. The first-order chi connectivity index (χ1) is 13.5. The van der Waals surface area contributed by atoms with Crippen molar-refractivity contribution in [1.82, 2.24) is 0 Å². The monoisotopic (exact) mass is 420 g/mol. The van der Waals surface area contributed by atoms with E-state index in [2.05, 4.69) is 0 Å². The lowest BCUT2D eigenvalue weighted by Gasteiger charge is -2.19. The van der Waals surface area contributed by atoms with Gasteiger partial charge in [0.2, 0.25) is 0 Å². The van der Waals surface area contributed by atoms with Crippen molar-refractivity contribution < 1.29 is 38.0 Å². The molecule has 0 amide bonds. The Kier molecular flexibility index (Phi) is 14.9. The lowest BCUT2D eigenvalue weighted by Crippen LogP contribution is -2.22. The molecule has 0 atom stereocenters. The summed E-state index contributed by atoms with van der Waals surface area (Å²) in [7, 11) is 0. The molecule has 0 aromatic rings. The fraction of sp³-hybridized carbons (Fsp3) is 0.905. The Morgan fingerprint density at radius 1 is 0.552 bits per heavy atom. The minimum atomic E-state index is -0.352. The van der Waals surface area contributed by atoms with E-state index in [1.807, 2.05) is 41.5 Å². The third-order valence-corrected chi connectivity index (χ3v) is 3.27. The molecule has 172 valence electrons. The van der Waals surface area contributed by atoms with E-state index < -0.39 is 0 Å². The van der Waals surface area contributed by atoms with Crippen molar-refractivity contribution in [2.75, 3.05) is 52.9 Å². The second-order valence-electron chi connectivity index (χ2n) is 8.44. The van der Waals surface area contributed by atoms with E-state index in [9.17, 15) is 9.59 Å². The number of carbonyl (C=O) groups is 2. The zero-order valence-corrected chi connectivity index (χ0v) is 19.0.